The maximum atomic E-state index is 13.6. The summed E-state index contributed by atoms with van der Waals surface area (Å²) in [7, 11) is 3.11. The molecule has 1 aliphatic rings. The zero-order valence-corrected chi connectivity index (χ0v) is 19.8. The molecule has 6 nitrogen and oxygen atoms in total. The molecule has 0 bridgehead atoms. The van der Waals surface area contributed by atoms with Crippen LogP contribution in [0.15, 0.2) is 48.5 Å². The van der Waals surface area contributed by atoms with Gasteiger partial charge in [-0.05, 0) is 30.2 Å². The Morgan fingerprint density at radius 3 is 2.50 bits per heavy atom. The van der Waals surface area contributed by atoms with Crippen LogP contribution in [0.3, 0.4) is 0 Å². The van der Waals surface area contributed by atoms with E-state index in [0.29, 0.717) is 29.4 Å². The van der Waals surface area contributed by atoms with Crippen LogP contribution >= 0.6 is 11.8 Å². The molecule has 32 heavy (non-hydrogen) atoms. The number of carbonyl (C=O) groups is 2. The molecule has 1 heterocycles. The van der Waals surface area contributed by atoms with Crippen LogP contribution in [-0.2, 0) is 11.3 Å². The first-order valence-corrected chi connectivity index (χ1v) is 12.1. The van der Waals surface area contributed by atoms with Crippen LogP contribution in [-0.4, -0.2) is 48.1 Å². The Morgan fingerprint density at radius 1 is 1.06 bits per heavy atom. The van der Waals surface area contributed by atoms with Crippen LogP contribution in [0.25, 0.3) is 0 Å². The molecule has 0 saturated carbocycles. The number of hydrogen-bond acceptors (Lipinski definition) is 5. The van der Waals surface area contributed by atoms with E-state index in [1.807, 2.05) is 30.3 Å². The van der Waals surface area contributed by atoms with E-state index in [1.54, 1.807) is 49.1 Å². The number of thioether (sulfide) groups is 1. The topological polar surface area (TPSA) is 67.9 Å². The van der Waals surface area contributed by atoms with Crippen molar-refractivity contribution in [3.05, 3.63) is 59.7 Å². The van der Waals surface area contributed by atoms with Gasteiger partial charge in [0.2, 0.25) is 5.91 Å². The molecule has 2 unspecified atom stereocenters. The summed E-state index contributed by atoms with van der Waals surface area (Å²) >= 11 is 1.69. The molecule has 2 amide bonds. The fourth-order valence-corrected chi connectivity index (χ4v) is 5.30. The summed E-state index contributed by atoms with van der Waals surface area (Å²) in [5.74, 6) is 1.39. The third-order valence-corrected chi connectivity index (χ3v) is 6.98. The summed E-state index contributed by atoms with van der Waals surface area (Å²) in [4.78, 5) is 28.4. The number of ether oxygens (including phenoxy) is 2. The van der Waals surface area contributed by atoms with E-state index in [2.05, 4.69) is 12.2 Å². The van der Waals surface area contributed by atoms with E-state index in [1.165, 1.54) is 0 Å². The fourth-order valence-electron chi connectivity index (χ4n) is 3.85. The highest BCUT2D eigenvalue weighted by molar-refractivity contribution is 8.00. The van der Waals surface area contributed by atoms with Crippen molar-refractivity contribution in [3.8, 4) is 11.5 Å². The van der Waals surface area contributed by atoms with E-state index in [9.17, 15) is 9.59 Å². The van der Waals surface area contributed by atoms with E-state index in [0.717, 1.165) is 31.2 Å². The quantitative estimate of drug-likeness (QED) is 0.534. The van der Waals surface area contributed by atoms with Gasteiger partial charge in [-0.15, -0.1) is 11.8 Å². The zero-order chi connectivity index (χ0) is 22.9. The number of nitrogens with one attached hydrogen (secondary N) is 1. The van der Waals surface area contributed by atoms with Crippen LogP contribution in [0.2, 0.25) is 0 Å². The second kappa shape index (κ2) is 11.8. The van der Waals surface area contributed by atoms with Gasteiger partial charge in [0.25, 0.3) is 5.91 Å². The number of amides is 2. The van der Waals surface area contributed by atoms with Gasteiger partial charge in [-0.1, -0.05) is 56.5 Å². The van der Waals surface area contributed by atoms with Crippen molar-refractivity contribution in [1.29, 1.82) is 0 Å². The van der Waals surface area contributed by atoms with Crippen molar-refractivity contribution in [2.75, 3.05) is 20.0 Å². The van der Waals surface area contributed by atoms with Crippen molar-refractivity contribution in [3.63, 3.8) is 0 Å². The summed E-state index contributed by atoms with van der Waals surface area (Å²) in [6.07, 6.45) is 4.13. The molecular formula is C25H32N2O4S. The van der Waals surface area contributed by atoms with Crippen molar-refractivity contribution in [1.82, 2.24) is 10.2 Å². The average Bonchev–Trinajstić information content (AvgIpc) is 3.26. The van der Waals surface area contributed by atoms with E-state index in [-0.39, 0.29) is 17.2 Å². The van der Waals surface area contributed by atoms with Crippen LogP contribution in [0.5, 0.6) is 11.5 Å². The lowest BCUT2D eigenvalue weighted by atomic mass is 10.1. The highest BCUT2D eigenvalue weighted by Crippen LogP contribution is 2.35. The smallest absolute Gasteiger partial charge is 0.255 e. The maximum Gasteiger partial charge on any atom is 0.255 e. The maximum absolute atomic E-state index is 13.6. The van der Waals surface area contributed by atoms with Crippen molar-refractivity contribution in [2.24, 2.45) is 0 Å². The first-order valence-electron chi connectivity index (χ1n) is 11.1. The van der Waals surface area contributed by atoms with Crippen LogP contribution in [0.4, 0.5) is 0 Å². The number of nitrogens with zero attached hydrogens (tertiary/aromatic N) is 1. The Balaban J connectivity index is 1.80. The second-order valence-electron chi connectivity index (χ2n) is 7.79. The average molecular weight is 457 g/mol. The predicted molar refractivity (Wildman–Crippen MR) is 128 cm³/mol. The lowest BCUT2D eigenvalue weighted by Gasteiger charge is -2.29. The van der Waals surface area contributed by atoms with Crippen LogP contribution < -0.4 is 14.8 Å². The van der Waals surface area contributed by atoms with Gasteiger partial charge < -0.3 is 19.7 Å². The summed E-state index contributed by atoms with van der Waals surface area (Å²) in [5, 5.41) is 3.00. The Labute approximate surface area is 194 Å². The minimum Gasteiger partial charge on any atom is -0.493 e. The van der Waals surface area contributed by atoms with Gasteiger partial charge >= 0.3 is 0 Å². The van der Waals surface area contributed by atoms with Gasteiger partial charge in [-0.2, -0.15) is 0 Å². The Bertz CT molecular complexity index is 906. The van der Waals surface area contributed by atoms with Gasteiger partial charge in [-0.25, -0.2) is 0 Å². The predicted octanol–water partition coefficient (Wildman–Crippen LogP) is 4.48. The molecule has 7 heteroatoms. The third kappa shape index (κ3) is 5.76. The minimum atomic E-state index is -0.504. The van der Waals surface area contributed by atoms with E-state index >= 15 is 0 Å². The highest BCUT2D eigenvalue weighted by Gasteiger charge is 2.41. The van der Waals surface area contributed by atoms with Crippen molar-refractivity contribution in [2.45, 2.75) is 50.6 Å². The summed E-state index contributed by atoms with van der Waals surface area (Å²) in [5.41, 5.74) is 1.52. The molecule has 1 saturated heterocycles. The van der Waals surface area contributed by atoms with Gasteiger partial charge in [0.15, 0.2) is 11.5 Å². The van der Waals surface area contributed by atoms with Gasteiger partial charge in [0, 0.05) is 17.9 Å². The number of hydrogen-bond donors (Lipinski definition) is 1. The molecule has 2 aromatic rings. The third-order valence-electron chi connectivity index (χ3n) is 5.62. The standard InChI is InChI=1S/C25H32N2O4S/c1-4-5-7-12-23-27(25(29)19-13-14-21(30-2)22(15-19)31-3)20(17-32-23)24(28)26-16-18-10-8-6-9-11-18/h6,8-11,13-15,20,23H,4-5,7,12,16-17H2,1-3H3,(H,26,28). The monoisotopic (exact) mass is 456 g/mol. The molecule has 2 atom stereocenters. The number of benzene rings is 2. The largest absolute Gasteiger partial charge is 0.493 e. The molecule has 3 rings (SSSR count). The Kier molecular flexibility index (Phi) is 8.85. The van der Waals surface area contributed by atoms with Crippen LogP contribution in [0.1, 0.15) is 48.5 Å². The number of carbonyl (C=O) groups excluding carboxylic acids is 2. The SMILES string of the molecule is CCCCCC1SCC(C(=O)NCc2ccccc2)N1C(=O)c1ccc(OC)c(OC)c1. The molecule has 2 aromatic carbocycles. The molecule has 1 aliphatic heterocycles. The van der Waals surface area contributed by atoms with E-state index in [4.69, 9.17) is 9.47 Å². The Morgan fingerprint density at radius 2 is 1.81 bits per heavy atom. The van der Waals surface area contributed by atoms with Crippen molar-refractivity contribution < 1.29 is 19.1 Å². The lowest BCUT2D eigenvalue weighted by Crippen LogP contribution is -2.49. The molecule has 0 aliphatic carbocycles. The highest BCUT2D eigenvalue weighted by atomic mass is 32.2. The Hall–Kier alpha value is -2.67. The summed E-state index contributed by atoms with van der Waals surface area (Å²) in [6, 6.07) is 14.4. The molecule has 1 fully saturated rings. The molecular weight excluding hydrogens is 424 g/mol. The number of methoxy groups -OCH3 is 2. The first-order chi connectivity index (χ1) is 15.6. The molecule has 0 aromatic heterocycles. The minimum absolute atomic E-state index is 0.0189. The fraction of sp³-hybridized carbons (Fsp3) is 0.440. The van der Waals surface area contributed by atoms with Gasteiger partial charge in [0.1, 0.15) is 6.04 Å². The normalized spacial score (nSPS) is 17.8. The van der Waals surface area contributed by atoms with Gasteiger partial charge in [0.05, 0.1) is 19.6 Å². The van der Waals surface area contributed by atoms with Crippen molar-refractivity contribution >= 4 is 23.6 Å². The molecule has 1 N–H and O–H groups in total. The molecule has 0 spiro atoms. The summed E-state index contributed by atoms with van der Waals surface area (Å²) < 4.78 is 10.7. The number of unbranched alkanes of at least 4 members (excludes halogenated alkanes) is 2. The second-order valence-corrected chi connectivity index (χ2v) is 9.00. The first kappa shape index (κ1) is 24.0. The molecule has 172 valence electrons. The lowest BCUT2D eigenvalue weighted by molar-refractivity contribution is -0.125. The molecule has 0 radical (unpaired) electrons. The number of rotatable bonds is 10. The zero-order valence-electron chi connectivity index (χ0n) is 19.0. The van der Waals surface area contributed by atoms with Gasteiger partial charge in [-0.3, -0.25) is 9.59 Å². The van der Waals surface area contributed by atoms with E-state index < -0.39 is 6.04 Å². The summed E-state index contributed by atoms with van der Waals surface area (Å²) in [6.45, 7) is 2.61. The van der Waals surface area contributed by atoms with Crippen LogP contribution in [0, 0.1) is 0 Å².